The van der Waals surface area contributed by atoms with Crippen LogP contribution in [-0.4, -0.2) is 70.1 Å². The molecule has 4 heterocycles. The lowest BCUT2D eigenvalue weighted by Crippen LogP contribution is -2.35. The Morgan fingerprint density at radius 3 is 2.90 bits per heavy atom. The van der Waals surface area contributed by atoms with Gasteiger partial charge in [0.15, 0.2) is 0 Å². The highest BCUT2D eigenvalue weighted by molar-refractivity contribution is 5.83. The number of ether oxygens (including phenoxy) is 1. The van der Waals surface area contributed by atoms with E-state index in [1.807, 2.05) is 40.9 Å². The van der Waals surface area contributed by atoms with Gasteiger partial charge in [-0.05, 0) is 23.7 Å². The molecule has 1 amide bonds. The third kappa shape index (κ3) is 3.35. The van der Waals surface area contributed by atoms with Crippen LogP contribution in [0.1, 0.15) is 25.8 Å². The van der Waals surface area contributed by atoms with Crippen molar-refractivity contribution < 1.29 is 14.1 Å². The Labute approximate surface area is 168 Å². The van der Waals surface area contributed by atoms with Crippen LogP contribution >= 0.6 is 0 Å². The summed E-state index contributed by atoms with van der Waals surface area (Å²) >= 11 is 0. The standard InChI is InChI=1S/C20H24N6O3/c1-2-18(27)24-6-3-7-25(9-8-24)20-22-19(29-23-20)14-4-5-15-11-21-26(17(15)10-14)16-12-28-13-16/h4-5,10-11,16H,2-3,6-9,12-13H2,1H3. The second-order valence-electron chi connectivity index (χ2n) is 7.53. The fourth-order valence-corrected chi connectivity index (χ4v) is 3.88. The molecule has 2 aliphatic rings. The SMILES string of the molecule is CCC(=O)N1CCCN(c2noc(-c3ccc4cnn(C5COC5)c4c3)n2)CC1. The van der Waals surface area contributed by atoms with Crippen LogP contribution in [0.2, 0.25) is 0 Å². The molecule has 0 N–H and O–H groups in total. The molecule has 0 aliphatic carbocycles. The van der Waals surface area contributed by atoms with Crippen LogP contribution < -0.4 is 4.90 Å². The molecule has 5 rings (SSSR count). The van der Waals surface area contributed by atoms with Crippen LogP contribution in [0.4, 0.5) is 5.95 Å². The average molecular weight is 396 g/mol. The summed E-state index contributed by atoms with van der Waals surface area (Å²) in [6.45, 7) is 6.26. The van der Waals surface area contributed by atoms with Crippen molar-refractivity contribution >= 4 is 22.8 Å². The number of benzene rings is 1. The van der Waals surface area contributed by atoms with Crippen molar-refractivity contribution in [2.45, 2.75) is 25.8 Å². The molecule has 0 atom stereocenters. The van der Waals surface area contributed by atoms with Crippen molar-refractivity contribution in [3.63, 3.8) is 0 Å². The quantitative estimate of drug-likeness (QED) is 0.667. The van der Waals surface area contributed by atoms with Gasteiger partial charge >= 0.3 is 0 Å². The predicted octanol–water partition coefficient (Wildman–Crippen LogP) is 2.11. The molecule has 0 spiro atoms. The van der Waals surface area contributed by atoms with E-state index in [0.717, 1.165) is 36.0 Å². The second-order valence-corrected chi connectivity index (χ2v) is 7.53. The normalized spacial score (nSPS) is 18.1. The van der Waals surface area contributed by atoms with E-state index < -0.39 is 0 Å². The number of rotatable bonds is 4. The molecule has 2 aromatic heterocycles. The minimum Gasteiger partial charge on any atom is -0.377 e. The zero-order valence-electron chi connectivity index (χ0n) is 16.5. The Hall–Kier alpha value is -2.94. The molecule has 2 fully saturated rings. The third-order valence-electron chi connectivity index (χ3n) is 5.66. The van der Waals surface area contributed by atoms with Gasteiger partial charge in [0, 0.05) is 43.5 Å². The summed E-state index contributed by atoms with van der Waals surface area (Å²) in [6, 6.07) is 6.33. The molecule has 3 aromatic rings. The van der Waals surface area contributed by atoms with Crippen LogP contribution in [-0.2, 0) is 9.53 Å². The number of nitrogens with zero attached hydrogens (tertiary/aromatic N) is 6. The molecule has 0 unspecified atom stereocenters. The highest BCUT2D eigenvalue weighted by atomic mass is 16.5. The number of carbonyl (C=O) groups is 1. The van der Waals surface area contributed by atoms with Gasteiger partial charge in [-0.2, -0.15) is 10.1 Å². The minimum atomic E-state index is 0.197. The first-order valence-electron chi connectivity index (χ1n) is 10.1. The summed E-state index contributed by atoms with van der Waals surface area (Å²) in [4.78, 5) is 20.6. The number of hydrogen-bond acceptors (Lipinski definition) is 7. The number of anilines is 1. The fraction of sp³-hybridized carbons (Fsp3) is 0.500. The van der Waals surface area contributed by atoms with E-state index in [-0.39, 0.29) is 11.9 Å². The maximum Gasteiger partial charge on any atom is 0.266 e. The largest absolute Gasteiger partial charge is 0.377 e. The predicted molar refractivity (Wildman–Crippen MR) is 107 cm³/mol. The van der Waals surface area contributed by atoms with Crippen LogP contribution in [0.25, 0.3) is 22.4 Å². The molecule has 1 aromatic carbocycles. The molecular weight excluding hydrogens is 372 g/mol. The highest BCUT2D eigenvalue weighted by Crippen LogP contribution is 2.28. The van der Waals surface area contributed by atoms with E-state index in [4.69, 9.17) is 9.26 Å². The van der Waals surface area contributed by atoms with E-state index in [1.165, 1.54) is 0 Å². The number of carbonyl (C=O) groups excluding carboxylic acids is 1. The first-order chi connectivity index (χ1) is 14.2. The summed E-state index contributed by atoms with van der Waals surface area (Å²) < 4.78 is 12.9. The summed E-state index contributed by atoms with van der Waals surface area (Å²) in [5.41, 5.74) is 1.91. The zero-order valence-corrected chi connectivity index (χ0v) is 16.5. The molecule has 9 heteroatoms. The molecule has 29 heavy (non-hydrogen) atoms. The smallest absolute Gasteiger partial charge is 0.266 e. The molecule has 152 valence electrons. The van der Waals surface area contributed by atoms with Gasteiger partial charge in [-0.25, -0.2) is 0 Å². The van der Waals surface area contributed by atoms with Crippen molar-refractivity contribution in [1.82, 2.24) is 24.8 Å². The highest BCUT2D eigenvalue weighted by Gasteiger charge is 2.24. The number of hydrogen-bond donors (Lipinski definition) is 0. The van der Waals surface area contributed by atoms with Crippen LogP contribution in [0.3, 0.4) is 0 Å². The Morgan fingerprint density at radius 1 is 1.21 bits per heavy atom. The molecule has 0 saturated carbocycles. The lowest BCUT2D eigenvalue weighted by molar-refractivity contribution is -0.130. The number of aromatic nitrogens is 4. The van der Waals surface area contributed by atoms with Crippen LogP contribution in [0, 0.1) is 0 Å². The number of fused-ring (bicyclic) bond motifs is 1. The maximum atomic E-state index is 12.0. The molecule has 2 saturated heterocycles. The van der Waals surface area contributed by atoms with Gasteiger partial charge < -0.3 is 19.1 Å². The topological polar surface area (TPSA) is 89.5 Å². The Bertz CT molecular complexity index is 1020. The average Bonchev–Trinajstić information content (AvgIpc) is 3.27. The zero-order chi connectivity index (χ0) is 19.8. The summed E-state index contributed by atoms with van der Waals surface area (Å²) in [6.07, 6.45) is 3.31. The van der Waals surface area contributed by atoms with Crippen molar-refractivity contribution in [3.05, 3.63) is 24.4 Å². The summed E-state index contributed by atoms with van der Waals surface area (Å²) in [5.74, 6) is 1.26. The molecule has 0 bridgehead atoms. The minimum absolute atomic E-state index is 0.197. The van der Waals surface area contributed by atoms with Gasteiger partial charge in [0.25, 0.3) is 11.8 Å². The number of amides is 1. The molecule has 2 aliphatic heterocycles. The van der Waals surface area contributed by atoms with Crippen molar-refractivity contribution in [2.75, 3.05) is 44.3 Å². The Kier molecular flexibility index (Phi) is 4.67. The molecule has 0 radical (unpaired) electrons. The maximum absolute atomic E-state index is 12.0. The first-order valence-corrected chi connectivity index (χ1v) is 10.1. The van der Waals surface area contributed by atoms with Gasteiger partial charge in [-0.1, -0.05) is 13.0 Å². The summed E-state index contributed by atoms with van der Waals surface area (Å²) in [5, 5.41) is 9.77. The van der Waals surface area contributed by atoms with E-state index in [9.17, 15) is 4.79 Å². The van der Waals surface area contributed by atoms with Crippen LogP contribution in [0.5, 0.6) is 0 Å². The Balaban J connectivity index is 1.36. The van der Waals surface area contributed by atoms with Gasteiger partial charge in [0.2, 0.25) is 5.91 Å². The fourth-order valence-electron chi connectivity index (χ4n) is 3.88. The molecular formula is C20H24N6O3. The van der Waals surface area contributed by atoms with Crippen molar-refractivity contribution in [3.8, 4) is 11.5 Å². The van der Waals surface area contributed by atoms with E-state index in [2.05, 4.69) is 20.1 Å². The Morgan fingerprint density at radius 2 is 2.10 bits per heavy atom. The monoisotopic (exact) mass is 396 g/mol. The van der Waals surface area contributed by atoms with Crippen molar-refractivity contribution in [2.24, 2.45) is 0 Å². The lowest BCUT2D eigenvalue weighted by Gasteiger charge is -2.26. The lowest BCUT2D eigenvalue weighted by atomic mass is 10.1. The van der Waals surface area contributed by atoms with Gasteiger partial charge in [0.05, 0.1) is 31.0 Å². The first kappa shape index (κ1) is 18.1. The van der Waals surface area contributed by atoms with Gasteiger partial charge in [0.1, 0.15) is 0 Å². The van der Waals surface area contributed by atoms with E-state index in [0.29, 0.717) is 44.6 Å². The van der Waals surface area contributed by atoms with Crippen LogP contribution in [0.15, 0.2) is 28.9 Å². The van der Waals surface area contributed by atoms with E-state index >= 15 is 0 Å². The molecule has 9 nitrogen and oxygen atoms in total. The second kappa shape index (κ2) is 7.47. The van der Waals surface area contributed by atoms with Crippen molar-refractivity contribution in [1.29, 1.82) is 0 Å². The summed E-state index contributed by atoms with van der Waals surface area (Å²) in [7, 11) is 0. The van der Waals surface area contributed by atoms with E-state index in [1.54, 1.807) is 0 Å². The van der Waals surface area contributed by atoms with Gasteiger partial charge in [-0.3, -0.25) is 9.48 Å². The van der Waals surface area contributed by atoms with Gasteiger partial charge in [-0.15, -0.1) is 0 Å². The third-order valence-corrected chi connectivity index (χ3v) is 5.66.